The van der Waals surface area contributed by atoms with Crippen molar-refractivity contribution in [2.45, 2.75) is 38.2 Å². The Morgan fingerprint density at radius 3 is 1.77 bits per heavy atom. The Morgan fingerprint density at radius 1 is 0.923 bits per heavy atom. The predicted octanol–water partition coefficient (Wildman–Crippen LogP) is 4.23. The van der Waals surface area contributed by atoms with E-state index in [0.717, 1.165) is 17.5 Å². The molecular formula is C22H24O4. The van der Waals surface area contributed by atoms with Gasteiger partial charge in [-0.2, -0.15) is 0 Å². The van der Waals surface area contributed by atoms with Crippen molar-refractivity contribution in [1.29, 1.82) is 0 Å². The number of ether oxygens (including phenoxy) is 1. The topological polar surface area (TPSA) is 63.6 Å². The molecule has 2 aromatic carbocycles. The van der Waals surface area contributed by atoms with Gasteiger partial charge in [0.1, 0.15) is 0 Å². The lowest BCUT2D eigenvalue weighted by Crippen LogP contribution is -2.51. The van der Waals surface area contributed by atoms with Crippen LogP contribution in [0.2, 0.25) is 0 Å². The number of hydrogen-bond donors (Lipinski definition) is 1. The number of aliphatic carboxylic acids is 1. The number of carbonyl (C=O) groups excluding carboxylic acids is 1. The summed E-state index contributed by atoms with van der Waals surface area (Å²) >= 11 is 0. The highest BCUT2D eigenvalue weighted by Crippen LogP contribution is 2.58. The minimum atomic E-state index is -0.875. The molecule has 0 aromatic heterocycles. The summed E-state index contributed by atoms with van der Waals surface area (Å²) in [6.45, 7) is 3.82. The Kier molecular flexibility index (Phi) is 5.40. The molecule has 0 amide bonds. The lowest BCUT2D eigenvalue weighted by Gasteiger charge is -2.49. The number of benzene rings is 2. The third-order valence-electron chi connectivity index (χ3n) is 5.37. The molecule has 1 N–H and O–H groups in total. The van der Waals surface area contributed by atoms with E-state index in [4.69, 9.17) is 4.74 Å². The lowest BCUT2D eigenvalue weighted by atomic mass is 9.52. The van der Waals surface area contributed by atoms with Gasteiger partial charge in [-0.05, 0) is 24.5 Å². The van der Waals surface area contributed by atoms with Crippen molar-refractivity contribution in [3.05, 3.63) is 71.8 Å². The third kappa shape index (κ3) is 3.36. The van der Waals surface area contributed by atoms with Crippen molar-refractivity contribution in [3.8, 4) is 0 Å². The Labute approximate surface area is 153 Å². The summed E-state index contributed by atoms with van der Waals surface area (Å²) in [6, 6.07) is 18.9. The fourth-order valence-electron chi connectivity index (χ4n) is 3.89. The quantitative estimate of drug-likeness (QED) is 0.791. The molecule has 0 aliphatic heterocycles. The van der Waals surface area contributed by atoms with E-state index in [-0.39, 0.29) is 23.9 Å². The number of carbonyl (C=O) groups is 2. The maximum absolute atomic E-state index is 12.9. The van der Waals surface area contributed by atoms with Gasteiger partial charge in [0, 0.05) is 11.8 Å². The second kappa shape index (κ2) is 7.73. The molecule has 4 heteroatoms. The maximum Gasteiger partial charge on any atom is 0.310 e. The van der Waals surface area contributed by atoms with E-state index in [1.165, 1.54) is 0 Å². The van der Waals surface area contributed by atoms with E-state index in [2.05, 4.69) is 0 Å². The molecule has 0 heterocycles. The number of hydrogen-bond acceptors (Lipinski definition) is 3. The minimum absolute atomic E-state index is 0.181. The first-order chi connectivity index (χ1) is 12.5. The summed E-state index contributed by atoms with van der Waals surface area (Å²) in [5.41, 5.74) is 1.75. The van der Waals surface area contributed by atoms with E-state index in [0.29, 0.717) is 0 Å². The number of carboxylic acids is 1. The van der Waals surface area contributed by atoms with Crippen LogP contribution in [0.5, 0.6) is 0 Å². The van der Waals surface area contributed by atoms with Gasteiger partial charge in [-0.15, -0.1) is 0 Å². The second-order valence-electron chi connectivity index (χ2n) is 6.92. The van der Waals surface area contributed by atoms with Gasteiger partial charge < -0.3 is 9.84 Å². The van der Waals surface area contributed by atoms with Crippen LogP contribution in [-0.4, -0.2) is 23.1 Å². The van der Waals surface area contributed by atoms with Crippen molar-refractivity contribution in [2.24, 2.45) is 11.8 Å². The number of carboxylic acid groups (broad SMARTS) is 1. The van der Waals surface area contributed by atoms with Gasteiger partial charge in [-0.25, -0.2) is 0 Å². The van der Waals surface area contributed by atoms with Crippen LogP contribution >= 0.6 is 0 Å². The summed E-state index contributed by atoms with van der Waals surface area (Å²) in [7, 11) is 0. The Hall–Kier alpha value is -2.62. The molecule has 26 heavy (non-hydrogen) atoms. The highest BCUT2D eigenvalue weighted by Gasteiger charge is 2.59. The summed E-state index contributed by atoms with van der Waals surface area (Å²) in [6.07, 6.45) is 0.548. The summed E-state index contributed by atoms with van der Waals surface area (Å²) in [4.78, 5) is 25.0. The molecule has 2 aromatic rings. The van der Waals surface area contributed by atoms with Crippen molar-refractivity contribution < 1.29 is 19.4 Å². The summed E-state index contributed by atoms with van der Waals surface area (Å²) < 4.78 is 5.60. The highest BCUT2D eigenvalue weighted by atomic mass is 16.5. The monoisotopic (exact) mass is 352 g/mol. The van der Waals surface area contributed by atoms with E-state index >= 15 is 0 Å². The van der Waals surface area contributed by atoms with Crippen LogP contribution in [0.1, 0.15) is 43.2 Å². The summed E-state index contributed by atoms with van der Waals surface area (Å²) in [5.74, 6) is -3.07. The standard InChI is InChI=1S/C22H24O4/c1-3-14(2)26-22(25)20-17(15-10-6-4-7-11-15)19(21(23)24)18(20)16-12-8-5-9-13-16/h4-14,17-20H,3H2,1-2H3,(H,23,24)/t14-,17+,18+,19?,20?/m1/s1. The normalized spacial score (nSPS) is 25.8. The molecule has 0 bridgehead atoms. The van der Waals surface area contributed by atoms with Gasteiger partial charge in [-0.3, -0.25) is 9.59 Å². The van der Waals surface area contributed by atoms with Crippen LogP contribution in [-0.2, 0) is 14.3 Å². The molecule has 1 saturated carbocycles. The highest BCUT2D eigenvalue weighted by molar-refractivity contribution is 5.84. The molecule has 0 saturated heterocycles. The average Bonchev–Trinajstić information content (AvgIpc) is 2.62. The molecule has 4 nitrogen and oxygen atoms in total. The largest absolute Gasteiger partial charge is 0.481 e. The molecular weight excluding hydrogens is 328 g/mol. The van der Waals surface area contributed by atoms with Crippen LogP contribution in [0, 0.1) is 11.8 Å². The van der Waals surface area contributed by atoms with Crippen molar-refractivity contribution in [2.75, 3.05) is 0 Å². The zero-order valence-electron chi connectivity index (χ0n) is 15.0. The van der Waals surface area contributed by atoms with Crippen LogP contribution in [0.15, 0.2) is 60.7 Å². The fraction of sp³-hybridized carbons (Fsp3) is 0.364. The summed E-state index contributed by atoms with van der Waals surface area (Å²) in [5, 5.41) is 9.87. The van der Waals surface area contributed by atoms with E-state index in [1.807, 2.05) is 74.5 Å². The average molecular weight is 352 g/mol. The van der Waals surface area contributed by atoms with Crippen molar-refractivity contribution in [1.82, 2.24) is 0 Å². The first kappa shape index (κ1) is 18.2. The molecule has 0 spiro atoms. The fourth-order valence-corrected chi connectivity index (χ4v) is 3.89. The lowest BCUT2D eigenvalue weighted by molar-refractivity contribution is -0.167. The van der Waals surface area contributed by atoms with E-state index in [1.54, 1.807) is 0 Å². The second-order valence-corrected chi connectivity index (χ2v) is 6.92. The minimum Gasteiger partial charge on any atom is -0.481 e. The Balaban J connectivity index is 2.00. The van der Waals surface area contributed by atoms with Crippen LogP contribution in [0.3, 0.4) is 0 Å². The number of rotatable bonds is 6. The number of esters is 1. The van der Waals surface area contributed by atoms with Crippen LogP contribution < -0.4 is 0 Å². The molecule has 136 valence electrons. The SMILES string of the molecule is CC[C@@H](C)OC(=O)C1[C@@H](c2ccccc2)C(C(=O)O)[C@@H]1c1ccccc1. The zero-order valence-corrected chi connectivity index (χ0v) is 15.0. The third-order valence-corrected chi connectivity index (χ3v) is 5.37. The van der Waals surface area contributed by atoms with Crippen LogP contribution in [0.4, 0.5) is 0 Å². The van der Waals surface area contributed by atoms with Gasteiger partial charge in [0.05, 0.1) is 17.9 Å². The van der Waals surface area contributed by atoms with E-state index in [9.17, 15) is 14.7 Å². The van der Waals surface area contributed by atoms with Gasteiger partial charge >= 0.3 is 11.9 Å². The molecule has 3 rings (SSSR count). The van der Waals surface area contributed by atoms with Crippen molar-refractivity contribution >= 4 is 11.9 Å². The van der Waals surface area contributed by atoms with Crippen LogP contribution in [0.25, 0.3) is 0 Å². The van der Waals surface area contributed by atoms with Gasteiger partial charge in [0.15, 0.2) is 0 Å². The van der Waals surface area contributed by atoms with Gasteiger partial charge in [0.2, 0.25) is 0 Å². The first-order valence-electron chi connectivity index (χ1n) is 9.07. The molecule has 1 fully saturated rings. The maximum atomic E-state index is 12.9. The van der Waals surface area contributed by atoms with E-state index < -0.39 is 17.8 Å². The molecule has 1 aliphatic carbocycles. The molecule has 0 unspecified atom stereocenters. The zero-order chi connectivity index (χ0) is 18.7. The Morgan fingerprint density at radius 2 is 1.38 bits per heavy atom. The predicted molar refractivity (Wildman–Crippen MR) is 98.8 cm³/mol. The molecule has 3 atom stereocenters. The smallest absolute Gasteiger partial charge is 0.310 e. The van der Waals surface area contributed by atoms with Gasteiger partial charge in [-0.1, -0.05) is 67.6 Å². The van der Waals surface area contributed by atoms with Gasteiger partial charge in [0.25, 0.3) is 0 Å². The van der Waals surface area contributed by atoms with Crippen molar-refractivity contribution in [3.63, 3.8) is 0 Å². The first-order valence-corrected chi connectivity index (χ1v) is 9.07. The molecule has 0 radical (unpaired) electrons. The molecule has 1 aliphatic rings. The Bertz CT molecular complexity index is 709.